The van der Waals surface area contributed by atoms with Crippen molar-refractivity contribution in [1.29, 1.82) is 0 Å². The van der Waals surface area contributed by atoms with Gasteiger partial charge in [-0.15, -0.1) is 11.8 Å². The molecule has 0 saturated carbocycles. The molecule has 20 heavy (non-hydrogen) atoms. The van der Waals surface area contributed by atoms with E-state index in [4.69, 9.17) is 5.11 Å². The van der Waals surface area contributed by atoms with Crippen LogP contribution in [0.3, 0.4) is 0 Å². The minimum Gasteiger partial charge on any atom is -0.481 e. The summed E-state index contributed by atoms with van der Waals surface area (Å²) >= 11 is 0.564. The van der Waals surface area contributed by atoms with Crippen LogP contribution in [0.25, 0.3) is 0 Å². The number of rotatable bonds is 6. The standard InChI is InChI=1S/C12H12F3NO3S/c13-12(14,15)7-20-9-4-2-1-3-8(9)16-10(17)5-6-11(18)19/h1-4H,5-7H2,(H,16,17)(H,18,19). The average molecular weight is 307 g/mol. The van der Waals surface area contributed by atoms with Gasteiger partial charge in [-0.1, -0.05) is 12.1 Å². The van der Waals surface area contributed by atoms with E-state index in [1.54, 1.807) is 12.1 Å². The maximum atomic E-state index is 12.2. The maximum absolute atomic E-state index is 12.2. The van der Waals surface area contributed by atoms with E-state index in [-0.39, 0.29) is 23.4 Å². The molecule has 0 aliphatic carbocycles. The average Bonchev–Trinajstić information content (AvgIpc) is 2.34. The molecule has 0 bridgehead atoms. The van der Waals surface area contributed by atoms with Gasteiger partial charge in [-0.05, 0) is 12.1 Å². The minimum atomic E-state index is -4.30. The Hall–Kier alpha value is -1.70. The second-order valence-corrected chi connectivity index (χ2v) is 4.86. The number of anilines is 1. The number of para-hydroxylation sites is 1. The highest BCUT2D eigenvalue weighted by Gasteiger charge is 2.27. The van der Waals surface area contributed by atoms with Gasteiger partial charge in [-0.2, -0.15) is 13.2 Å². The van der Waals surface area contributed by atoms with Crippen molar-refractivity contribution in [2.45, 2.75) is 23.9 Å². The number of carbonyl (C=O) groups is 2. The maximum Gasteiger partial charge on any atom is 0.398 e. The van der Waals surface area contributed by atoms with Crippen LogP contribution in [0.1, 0.15) is 12.8 Å². The summed E-state index contributed by atoms with van der Waals surface area (Å²) in [6.07, 6.45) is -4.86. The number of aliphatic carboxylic acids is 1. The van der Waals surface area contributed by atoms with E-state index in [1.807, 2.05) is 0 Å². The van der Waals surface area contributed by atoms with Crippen molar-refractivity contribution >= 4 is 29.3 Å². The molecule has 110 valence electrons. The zero-order valence-electron chi connectivity index (χ0n) is 10.2. The van der Waals surface area contributed by atoms with E-state index in [1.165, 1.54) is 12.1 Å². The fourth-order valence-electron chi connectivity index (χ4n) is 1.29. The molecule has 4 nitrogen and oxygen atoms in total. The summed E-state index contributed by atoms with van der Waals surface area (Å²) in [4.78, 5) is 22.1. The second kappa shape index (κ2) is 7.18. The summed E-state index contributed by atoms with van der Waals surface area (Å²) in [5.41, 5.74) is 0.247. The predicted molar refractivity (Wildman–Crippen MR) is 68.7 cm³/mol. The lowest BCUT2D eigenvalue weighted by Crippen LogP contribution is -2.14. The van der Waals surface area contributed by atoms with Gasteiger partial charge in [0.15, 0.2) is 0 Å². The van der Waals surface area contributed by atoms with Gasteiger partial charge in [-0.25, -0.2) is 0 Å². The smallest absolute Gasteiger partial charge is 0.398 e. The van der Waals surface area contributed by atoms with Crippen LogP contribution in [0, 0.1) is 0 Å². The van der Waals surface area contributed by atoms with E-state index < -0.39 is 23.8 Å². The number of halogens is 3. The first-order valence-corrected chi connectivity index (χ1v) is 6.57. The van der Waals surface area contributed by atoms with Crippen LogP contribution in [0.4, 0.5) is 18.9 Å². The molecule has 0 heterocycles. The van der Waals surface area contributed by atoms with Gasteiger partial charge in [0.05, 0.1) is 17.9 Å². The molecule has 1 aromatic rings. The van der Waals surface area contributed by atoms with Gasteiger partial charge in [-0.3, -0.25) is 9.59 Å². The molecule has 0 aliphatic heterocycles. The summed E-state index contributed by atoms with van der Waals surface area (Å²) in [6.45, 7) is 0. The van der Waals surface area contributed by atoms with Crippen LogP contribution in [-0.2, 0) is 9.59 Å². The Balaban J connectivity index is 2.65. The lowest BCUT2D eigenvalue weighted by molar-refractivity contribution is -0.138. The van der Waals surface area contributed by atoms with Crippen LogP contribution in [0.2, 0.25) is 0 Å². The molecule has 0 aliphatic rings. The number of hydrogen-bond acceptors (Lipinski definition) is 3. The molecule has 0 fully saturated rings. The SMILES string of the molecule is O=C(O)CCC(=O)Nc1ccccc1SCC(F)(F)F. The third-order valence-corrected chi connectivity index (χ3v) is 3.26. The van der Waals surface area contributed by atoms with Crippen LogP contribution < -0.4 is 5.32 Å². The number of alkyl halides is 3. The van der Waals surface area contributed by atoms with Crippen LogP contribution in [-0.4, -0.2) is 28.9 Å². The predicted octanol–water partition coefficient (Wildman–Crippen LogP) is 3.14. The molecule has 1 rings (SSSR count). The Morgan fingerprint density at radius 1 is 1.20 bits per heavy atom. The van der Waals surface area contributed by atoms with E-state index in [0.29, 0.717) is 11.8 Å². The minimum absolute atomic E-state index is 0.229. The Kier molecular flexibility index (Phi) is 5.87. The summed E-state index contributed by atoms with van der Waals surface area (Å²) in [5.74, 6) is -2.72. The van der Waals surface area contributed by atoms with Gasteiger partial charge in [0.2, 0.25) is 5.91 Å². The molecule has 8 heteroatoms. The van der Waals surface area contributed by atoms with E-state index >= 15 is 0 Å². The molecule has 2 N–H and O–H groups in total. The normalized spacial score (nSPS) is 11.2. The number of carbonyl (C=O) groups excluding carboxylic acids is 1. The molecule has 0 radical (unpaired) electrons. The molecule has 1 aromatic carbocycles. The van der Waals surface area contributed by atoms with Crippen molar-refractivity contribution in [3.05, 3.63) is 24.3 Å². The van der Waals surface area contributed by atoms with Gasteiger partial charge in [0.25, 0.3) is 0 Å². The molecule has 0 saturated heterocycles. The monoisotopic (exact) mass is 307 g/mol. The molecule has 0 atom stereocenters. The highest BCUT2D eigenvalue weighted by atomic mass is 32.2. The molecular formula is C12H12F3NO3S. The number of carboxylic acid groups (broad SMARTS) is 1. The van der Waals surface area contributed by atoms with Crippen molar-refractivity contribution in [3.8, 4) is 0 Å². The van der Waals surface area contributed by atoms with Crippen molar-refractivity contribution in [3.63, 3.8) is 0 Å². The highest BCUT2D eigenvalue weighted by Crippen LogP contribution is 2.32. The largest absolute Gasteiger partial charge is 0.481 e. The molecule has 0 unspecified atom stereocenters. The first-order chi connectivity index (χ1) is 9.28. The number of nitrogens with one attached hydrogen (secondary N) is 1. The summed E-state index contributed by atoms with van der Waals surface area (Å²) < 4.78 is 36.5. The number of carboxylic acids is 1. The quantitative estimate of drug-likeness (QED) is 0.792. The third-order valence-electron chi connectivity index (χ3n) is 2.12. The van der Waals surface area contributed by atoms with Gasteiger partial charge in [0, 0.05) is 11.3 Å². The molecule has 0 aromatic heterocycles. The molecule has 0 spiro atoms. The Bertz CT molecular complexity index is 491. The lowest BCUT2D eigenvalue weighted by Gasteiger charge is -2.11. The molecule has 1 amide bonds. The first-order valence-electron chi connectivity index (χ1n) is 5.58. The van der Waals surface area contributed by atoms with Crippen molar-refractivity contribution < 1.29 is 27.9 Å². The summed E-state index contributed by atoms with van der Waals surface area (Å²) in [5, 5.41) is 10.9. The van der Waals surface area contributed by atoms with E-state index in [2.05, 4.69) is 5.32 Å². The molecular weight excluding hydrogens is 295 g/mol. The summed E-state index contributed by atoms with van der Waals surface area (Å²) in [6, 6.07) is 6.07. The number of thioether (sulfide) groups is 1. The zero-order valence-corrected chi connectivity index (χ0v) is 11.1. The van der Waals surface area contributed by atoms with Gasteiger partial charge >= 0.3 is 12.1 Å². The van der Waals surface area contributed by atoms with Crippen molar-refractivity contribution in [1.82, 2.24) is 0 Å². The van der Waals surface area contributed by atoms with E-state index in [0.717, 1.165) is 0 Å². The topological polar surface area (TPSA) is 66.4 Å². The van der Waals surface area contributed by atoms with Crippen LogP contribution in [0.5, 0.6) is 0 Å². The van der Waals surface area contributed by atoms with Crippen LogP contribution >= 0.6 is 11.8 Å². The second-order valence-electron chi connectivity index (χ2n) is 3.84. The Morgan fingerprint density at radius 2 is 1.85 bits per heavy atom. The fraction of sp³-hybridized carbons (Fsp3) is 0.333. The third kappa shape index (κ3) is 6.46. The Labute approximate surface area is 117 Å². The number of amides is 1. The van der Waals surface area contributed by atoms with Crippen molar-refractivity contribution in [2.24, 2.45) is 0 Å². The summed E-state index contributed by atoms with van der Waals surface area (Å²) in [7, 11) is 0. The Morgan fingerprint density at radius 3 is 2.45 bits per heavy atom. The van der Waals surface area contributed by atoms with Crippen molar-refractivity contribution in [2.75, 3.05) is 11.1 Å². The zero-order chi connectivity index (χ0) is 15.2. The van der Waals surface area contributed by atoms with E-state index in [9.17, 15) is 22.8 Å². The lowest BCUT2D eigenvalue weighted by atomic mass is 10.2. The first kappa shape index (κ1) is 16.4. The fourth-order valence-corrected chi connectivity index (χ4v) is 2.06. The number of hydrogen-bond donors (Lipinski definition) is 2. The highest BCUT2D eigenvalue weighted by molar-refractivity contribution is 7.99. The van der Waals surface area contributed by atoms with Crippen LogP contribution in [0.15, 0.2) is 29.2 Å². The van der Waals surface area contributed by atoms with Gasteiger partial charge in [0.1, 0.15) is 0 Å². The number of benzene rings is 1. The van der Waals surface area contributed by atoms with Gasteiger partial charge < -0.3 is 10.4 Å².